The molecule has 1 fully saturated rings. The molecule has 0 radical (unpaired) electrons. The lowest BCUT2D eigenvalue weighted by Gasteiger charge is -2.33. The number of nitrogens with one attached hydrogen (secondary N) is 1. The molecule has 0 aliphatic carbocycles. The Hall–Kier alpha value is -1.39. The van der Waals surface area contributed by atoms with E-state index in [1.807, 2.05) is 6.07 Å². The summed E-state index contributed by atoms with van der Waals surface area (Å²) in [7, 11) is 0. The fourth-order valence-electron chi connectivity index (χ4n) is 2.66. The average molecular weight is 304 g/mol. The van der Waals surface area contributed by atoms with Crippen LogP contribution in [0.2, 0.25) is 0 Å². The molecular weight excluding hydrogens is 276 g/mol. The van der Waals surface area contributed by atoms with Crippen molar-refractivity contribution in [2.75, 3.05) is 26.2 Å². The topological polar surface area (TPSA) is 41.6 Å². The molecule has 1 aromatic rings. The zero-order chi connectivity index (χ0) is 16.0. The lowest BCUT2D eigenvalue weighted by Crippen LogP contribution is -2.47. The first-order valence-electron chi connectivity index (χ1n) is 8.07. The van der Waals surface area contributed by atoms with Crippen molar-refractivity contribution in [2.24, 2.45) is 5.41 Å². The van der Waals surface area contributed by atoms with Gasteiger partial charge in [-0.3, -0.25) is 9.69 Å². The van der Waals surface area contributed by atoms with E-state index in [1.165, 1.54) is 5.56 Å². The predicted octanol–water partition coefficient (Wildman–Crippen LogP) is 2.44. The lowest BCUT2D eigenvalue weighted by molar-refractivity contribution is -0.124. The summed E-state index contributed by atoms with van der Waals surface area (Å²) >= 11 is 0. The molecule has 2 rings (SSSR count). The van der Waals surface area contributed by atoms with Crippen LogP contribution in [-0.4, -0.2) is 43.2 Å². The van der Waals surface area contributed by atoms with Crippen LogP contribution in [0.15, 0.2) is 30.3 Å². The molecule has 1 heterocycles. The van der Waals surface area contributed by atoms with E-state index in [1.54, 1.807) is 0 Å². The smallest absolute Gasteiger partial charge is 0.220 e. The summed E-state index contributed by atoms with van der Waals surface area (Å²) in [6.07, 6.45) is 0.634. The monoisotopic (exact) mass is 304 g/mol. The van der Waals surface area contributed by atoms with Crippen LogP contribution >= 0.6 is 0 Å². The zero-order valence-corrected chi connectivity index (χ0v) is 14.0. The van der Waals surface area contributed by atoms with E-state index in [0.717, 1.165) is 26.2 Å². The van der Waals surface area contributed by atoms with Crippen molar-refractivity contribution < 1.29 is 9.53 Å². The summed E-state index contributed by atoms with van der Waals surface area (Å²) in [6, 6.07) is 10.5. The van der Waals surface area contributed by atoms with Crippen LogP contribution < -0.4 is 5.32 Å². The summed E-state index contributed by atoms with van der Waals surface area (Å²) in [5.41, 5.74) is 1.34. The van der Waals surface area contributed by atoms with Gasteiger partial charge in [-0.1, -0.05) is 51.1 Å². The number of ether oxygens (including phenoxy) is 1. The molecule has 1 aliphatic rings. The third-order valence-corrected chi connectivity index (χ3v) is 3.69. The minimum absolute atomic E-state index is 0.0247. The van der Waals surface area contributed by atoms with Crippen LogP contribution in [0.1, 0.15) is 32.8 Å². The maximum absolute atomic E-state index is 11.9. The summed E-state index contributed by atoms with van der Waals surface area (Å²) in [5.74, 6) is 0.108. The van der Waals surface area contributed by atoms with Crippen molar-refractivity contribution >= 4 is 5.91 Å². The standard InChI is InChI=1S/C18H28N2O2/c1-18(2,3)11-17(21)19-12-16-14-20(9-10-22-16)13-15-7-5-4-6-8-15/h4-8,16H,9-14H2,1-3H3,(H,19,21). The first kappa shape index (κ1) is 17.0. The molecule has 1 unspecified atom stereocenters. The Kier molecular flexibility index (Phi) is 5.98. The molecule has 0 bridgehead atoms. The molecular formula is C18H28N2O2. The fourth-order valence-corrected chi connectivity index (χ4v) is 2.66. The molecule has 1 atom stereocenters. The lowest BCUT2D eigenvalue weighted by atomic mass is 9.92. The zero-order valence-electron chi connectivity index (χ0n) is 14.0. The largest absolute Gasteiger partial charge is 0.374 e. The van der Waals surface area contributed by atoms with Gasteiger partial charge < -0.3 is 10.1 Å². The number of hydrogen-bond acceptors (Lipinski definition) is 3. The number of rotatable bonds is 5. The number of carbonyl (C=O) groups is 1. The highest BCUT2D eigenvalue weighted by molar-refractivity contribution is 5.76. The van der Waals surface area contributed by atoms with Crippen LogP contribution in [-0.2, 0) is 16.1 Å². The SMILES string of the molecule is CC(C)(C)CC(=O)NCC1CN(Cc2ccccc2)CCO1. The van der Waals surface area contributed by atoms with E-state index in [9.17, 15) is 4.79 Å². The van der Waals surface area contributed by atoms with Gasteiger partial charge in [-0.2, -0.15) is 0 Å². The minimum Gasteiger partial charge on any atom is -0.374 e. The molecule has 1 N–H and O–H groups in total. The van der Waals surface area contributed by atoms with E-state index in [0.29, 0.717) is 13.0 Å². The van der Waals surface area contributed by atoms with Gasteiger partial charge in [0.25, 0.3) is 0 Å². The predicted molar refractivity (Wildman–Crippen MR) is 88.5 cm³/mol. The van der Waals surface area contributed by atoms with Crippen molar-refractivity contribution in [3.05, 3.63) is 35.9 Å². The Morgan fingerprint density at radius 1 is 1.32 bits per heavy atom. The van der Waals surface area contributed by atoms with Crippen LogP contribution in [0.4, 0.5) is 0 Å². The number of hydrogen-bond donors (Lipinski definition) is 1. The third kappa shape index (κ3) is 6.16. The molecule has 4 nitrogen and oxygen atoms in total. The molecule has 1 aromatic carbocycles. The van der Waals surface area contributed by atoms with E-state index in [-0.39, 0.29) is 17.4 Å². The Morgan fingerprint density at radius 2 is 2.05 bits per heavy atom. The average Bonchev–Trinajstić information content (AvgIpc) is 2.45. The van der Waals surface area contributed by atoms with Gasteiger partial charge in [0.05, 0.1) is 12.7 Å². The number of nitrogens with zero attached hydrogens (tertiary/aromatic N) is 1. The molecule has 122 valence electrons. The number of morpholine rings is 1. The Labute approximate surface area is 133 Å². The second kappa shape index (κ2) is 7.75. The Morgan fingerprint density at radius 3 is 2.73 bits per heavy atom. The fraction of sp³-hybridized carbons (Fsp3) is 0.611. The maximum atomic E-state index is 11.9. The first-order valence-corrected chi connectivity index (χ1v) is 8.07. The summed E-state index contributed by atoms with van der Waals surface area (Å²) < 4.78 is 5.77. The summed E-state index contributed by atoms with van der Waals surface area (Å²) in [6.45, 7) is 10.3. The molecule has 4 heteroatoms. The highest BCUT2D eigenvalue weighted by Crippen LogP contribution is 2.18. The van der Waals surface area contributed by atoms with Gasteiger partial charge in [0, 0.05) is 32.6 Å². The minimum atomic E-state index is 0.0247. The molecule has 1 saturated heterocycles. The Balaban J connectivity index is 1.75. The van der Waals surface area contributed by atoms with Crippen LogP contribution in [0.5, 0.6) is 0 Å². The molecule has 0 spiro atoms. The van der Waals surface area contributed by atoms with Gasteiger partial charge >= 0.3 is 0 Å². The van der Waals surface area contributed by atoms with Crippen molar-refractivity contribution in [1.29, 1.82) is 0 Å². The van der Waals surface area contributed by atoms with E-state index in [2.05, 4.69) is 55.3 Å². The molecule has 0 aromatic heterocycles. The van der Waals surface area contributed by atoms with Gasteiger partial charge in [0.2, 0.25) is 5.91 Å². The van der Waals surface area contributed by atoms with Crippen molar-refractivity contribution in [3.8, 4) is 0 Å². The van der Waals surface area contributed by atoms with E-state index >= 15 is 0 Å². The van der Waals surface area contributed by atoms with Gasteiger partial charge in [0.15, 0.2) is 0 Å². The van der Waals surface area contributed by atoms with Crippen molar-refractivity contribution in [2.45, 2.75) is 39.8 Å². The van der Waals surface area contributed by atoms with Gasteiger partial charge in [-0.15, -0.1) is 0 Å². The van der Waals surface area contributed by atoms with Crippen LogP contribution in [0.25, 0.3) is 0 Å². The van der Waals surface area contributed by atoms with Crippen molar-refractivity contribution in [1.82, 2.24) is 10.2 Å². The van der Waals surface area contributed by atoms with Gasteiger partial charge in [-0.25, -0.2) is 0 Å². The second-order valence-corrected chi connectivity index (χ2v) is 7.26. The Bertz CT molecular complexity index is 468. The number of amides is 1. The van der Waals surface area contributed by atoms with E-state index in [4.69, 9.17) is 4.74 Å². The van der Waals surface area contributed by atoms with Gasteiger partial charge in [0.1, 0.15) is 0 Å². The first-order chi connectivity index (χ1) is 10.4. The maximum Gasteiger partial charge on any atom is 0.220 e. The summed E-state index contributed by atoms with van der Waals surface area (Å²) in [4.78, 5) is 14.3. The van der Waals surface area contributed by atoms with E-state index < -0.39 is 0 Å². The molecule has 0 saturated carbocycles. The number of carbonyl (C=O) groups excluding carboxylic acids is 1. The van der Waals surface area contributed by atoms with Crippen LogP contribution in [0, 0.1) is 5.41 Å². The summed E-state index contributed by atoms with van der Waals surface area (Å²) in [5, 5.41) is 3.00. The quantitative estimate of drug-likeness (QED) is 0.908. The van der Waals surface area contributed by atoms with Crippen molar-refractivity contribution in [3.63, 3.8) is 0 Å². The highest BCUT2D eigenvalue weighted by Gasteiger charge is 2.22. The molecule has 1 aliphatic heterocycles. The highest BCUT2D eigenvalue weighted by atomic mass is 16.5. The molecule has 1 amide bonds. The second-order valence-electron chi connectivity index (χ2n) is 7.26. The third-order valence-electron chi connectivity index (χ3n) is 3.69. The number of benzene rings is 1. The van der Waals surface area contributed by atoms with Crippen LogP contribution in [0.3, 0.4) is 0 Å². The molecule has 22 heavy (non-hydrogen) atoms. The normalized spacial score (nSPS) is 19.9. The van der Waals surface area contributed by atoms with Gasteiger partial charge in [-0.05, 0) is 11.0 Å².